The molecule has 1 amide bonds. The molecular formula is C50H59ClN8O7S. The lowest BCUT2D eigenvalue weighted by molar-refractivity contribution is -0.384. The van der Waals surface area contributed by atoms with Gasteiger partial charge < -0.3 is 24.7 Å². The van der Waals surface area contributed by atoms with Crippen molar-refractivity contribution in [1.82, 2.24) is 24.9 Å². The lowest BCUT2D eigenvalue weighted by atomic mass is 9.72. The summed E-state index contributed by atoms with van der Waals surface area (Å²) in [6, 6.07) is 20.8. The molecule has 0 bridgehead atoms. The van der Waals surface area contributed by atoms with Gasteiger partial charge in [-0.15, -0.1) is 0 Å². The molecule has 4 heterocycles. The van der Waals surface area contributed by atoms with Crippen LogP contribution in [-0.2, 0) is 14.8 Å². The summed E-state index contributed by atoms with van der Waals surface area (Å²) < 4.78 is 43.4. The third kappa shape index (κ3) is 10.9. The fourth-order valence-electron chi connectivity index (χ4n) is 10.1. The monoisotopic (exact) mass is 950 g/mol. The molecule has 2 aromatic heterocycles. The summed E-state index contributed by atoms with van der Waals surface area (Å²) in [7, 11) is -4.68. The third-order valence-corrected chi connectivity index (χ3v) is 15.4. The number of sulfonamides is 1. The average Bonchev–Trinajstić information content (AvgIpc) is 3.79. The number of fused-ring (bicyclic) bond motifs is 1. The molecule has 2 aliphatic carbocycles. The van der Waals surface area contributed by atoms with Crippen LogP contribution in [0, 0.1) is 15.5 Å². The molecule has 4 N–H and O–H groups in total. The van der Waals surface area contributed by atoms with Gasteiger partial charge in [0.05, 0.1) is 22.4 Å². The first-order valence-electron chi connectivity index (χ1n) is 23.5. The number of amides is 1. The molecule has 0 spiro atoms. The molecule has 2 saturated heterocycles. The fraction of sp³-hybridized carbons (Fsp3) is 0.440. The zero-order valence-corrected chi connectivity index (χ0v) is 39.6. The van der Waals surface area contributed by atoms with Crippen molar-refractivity contribution in [3.63, 3.8) is 0 Å². The molecule has 2 aliphatic heterocycles. The molecule has 3 aromatic carbocycles. The van der Waals surface area contributed by atoms with E-state index in [-0.39, 0.29) is 40.7 Å². The smallest absolute Gasteiger partial charge is 0.293 e. The highest BCUT2D eigenvalue weighted by molar-refractivity contribution is 7.90. The number of benzene rings is 3. The van der Waals surface area contributed by atoms with E-state index >= 15 is 0 Å². The first-order valence-corrected chi connectivity index (χ1v) is 25.3. The van der Waals surface area contributed by atoms with Gasteiger partial charge in [0.15, 0.2) is 5.75 Å². The number of hydrogen-bond acceptors (Lipinski definition) is 12. The molecular weight excluding hydrogens is 892 g/mol. The van der Waals surface area contributed by atoms with Gasteiger partial charge in [-0.05, 0) is 123 Å². The molecule has 1 unspecified atom stereocenters. The molecule has 0 radical (unpaired) electrons. The van der Waals surface area contributed by atoms with E-state index in [2.05, 4.69) is 61.1 Å². The topological polar surface area (TPSA) is 184 Å². The molecule has 9 rings (SSSR count). The molecule has 17 heteroatoms. The van der Waals surface area contributed by atoms with Crippen LogP contribution in [0.25, 0.3) is 16.6 Å². The second-order valence-electron chi connectivity index (χ2n) is 19.1. The van der Waals surface area contributed by atoms with Crippen molar-refractivity contribution in [3.8, 4) is 11.5 Å². The van der Waals surface area contributed by atoms with Crippen molar-refractivity contribution in [3.05, 3.63) is 117 Å². The Balaban J connectivity index is 0.954. The van der Waals surface area contributed by atoms with Crippen LogP contribution in [0.2, 0.25) is 5.02 Å². The maximum atomic E-state index is 14.5. The quantitative estimate of drug-likeness (QED) is 0.0612. The Hall–Kier alpha value is -5.52. The maximum absolute atomic E-state index is 14.5. The highest BCUT2D eigenvalue weighted by Crippen LogP contribution is 2.44. The van der Waals surface area contributed by atoms with Crippen molar-refractivity contribution < 1.29 is 27.6 Å². The number of hydrogen-bond donors (Lipinski definition) is 4. The standard InChI is InChI=1S/C50H59ClN8O7S/c1-50(2)22-20-35(41(30-50)33-12-14-36(51)15-13-33)32-57-24-26-58(27-25-57)43-9-5-7-40(47(43)66-39-29-34-21-23-52-48(34)53-31-39)49(60)56-67(63,64)44-10-6-8-42(59(61)62)46(44)55-38-18-16-37(17-19-38)54-45-11-3-4-28-65-45/h5-10,12-15,21,23,29,31,37-38,45,54-55H,3-4,11,16-20,22,24-28,30,32H2,1-2H3,(H,52,53)(H,56,60)/t37-,38-,45?. The van der Waals surface area contributed by atoms with E-state index in [0.29, 0.717) is 43.0 Å². The number of nitro benzene ring substituents is 1. The highest BCUT2D eigenvalue weighted by Gasteiger charge is 2.34. The van der Waals surface area contributed by atoms with E-state index in [0.717, 1.165) is 88.0 Å². The number of para-hydroxylation sites is 2. The number of nitrogens with one attached hydrogen (secondary N) is 4. The van der Waals surface area contributed by atoms with Gasteiger partial charge in [-0.3, -0.25) is 25.1 Å². The summed E-state index contributed by atoms with van der Waals surface area (Å²) in [4.78, 5) is 38.0. The van der Waals surface area contributed by atoms with Crippen LogP contribution in [0.3, 0.4) is 0 Å². The van der Waals surface area contributed by atoms with Gasteiger partial charge in [0.1, 0.15) is 28.2 Å². The van der Waals surface area contributed by atoms with E-state index in [4.69, 9.17) is 21.1 Å². The lowest BCUT2D eigenvalue weighted by Gasteiger charge is -2.39. The number of carbonyl (C=O) groups is 1. The summed E-state index contributed by atoms with van der Waals surface area (Å²) in [5, 5.41) is 20.7. The van der Waals surface area contributed by atoms with Gasteiger partial charge in [-0.2, -0.15) is 0 Å². The number of H-pyrrole nitrogens is 1. The van der Waals surface area contributed by atoms with Crippen molar-refractivity contribution in [1.29, 1.82) is 0 Å². The van der Waals surface area contributed by atoms with Crippen molar-refractivity contribution in [2.45, 2.75) is 101 Å². The second kappa shape index (κ2) is 20.0. The van der Waals surface area contributed by atoms with Gasteiger partial charge in [0.2, 0.25) is 0 Å². The number of aromatic amines is 1. The van der Waals surface area contributed by atoms with Crippen molar-refractivity contribution in [2.24, 2.45) is 5.41 Å². The zero-order valence-electron chi connectivity index (χ0n) is 38.1. The fourth-order valence-corrected chi connectivity index (χ4v) is 11.3. The first kappa shape index (κ1) is 46.6. The largest absolute Gasteiger partial charge is 0.453 e. The number of nitrogens with zero attached hydrogens (tertiary/aromatic N) is 4. The first-order chi connectivity index (χ1) is 32.3. The molecule has 1 atom stereocenters. The zero-order chi connectivity index (χ0) is 46.7. The average molecular weight is 952 g/mol. The minimum atomic E-state index is -4.68. The third-order valence-electron chi connectivity index (χ3n) is 13.7. The van der Waals surface area contributed by atoms with E-state index < -0.39 is 31.4 Å². The summed E-state index contributed by atoms with van der Waals surface area (Å²) >= 11 is 6.27. The summed E-state index contributed by atoms with van der Waals surface area (Å²) in [5.41, 5.74) is 4.97. The number of halogens is 1. The number of allylic oxidation sites excluding steroid dienone is 1. The van der Waals surface area contributed by atoms with Crippen LogP contribution in [0.15, 0.2) is 95.7 Å². The predicted molar refractivity (Wildman–Crippen MR) is 261 cm³/mol. The Morgan fingerprint density at radius 1 is 0.985 bits per heavy atom. The van der Waals surface area contributed by atoms with Gasteiger partial charge in [-0.1, -0.05) is 55.3 Å². The van der Waals surface area contributed by atoms with E-state index in [1.807, 2.05) is 24.3 Å². The van der Waals surface area contributed by atoms with Crippen LogP contribution in [0.4, 0.5) is 17.1 Å². The van der Waals surface area contributed by atoms with E-state index in [1.165, 1.54) is 41.0 Å². The van der Waals surface area contributed by atoms with Gasteiger partial charge in [0.25, 0.3) is 21.6 Å². The van der Waals surface area contributed by atoms with Gasteiger partial charge in [0, 0.05) is 74.1 Å². The number of rotatable bonds is 14. The van der Waals surface area contributed by atoms with E-state index in [1.54, 1.807) is 24.5 Å². The van der Waals surface area contributed by atoms with Crippen LogP contribution in [0.1, 0.15) is 94.0 Å². The normalized spacial score (nSPS) is 21.5. The molecule has 67 heavy (non-hydrogen) atoms. The minimum absolute atomic E-state index is 0.0204. The van der Waals surface area contributed by atoms with Crippen LogP contribution >= 0.6 is 11.6 Å². The molecule has 4 aliphatic rings. The summed E-state index contributed by atoms with van der Waals surface area (Å²) in [5.74, 6) is -0.413. The number of nitro groups is 1. The number of ether oxygens (including phenoxy) is 2. The number of piperazine rings is 1. The van der Waals surface area contributed by atoms with Gasteiger partial charge in [-0.25, -0.2) is 18.1 Å². The molecule has 5 aromatic rings. The van der Waals surface area contributed by atoms with Crippen molar-refractivity contribution in [2.75, 3.05) is 49.5 Å². The summed E-state index contributed by atoms with van der Waals surface area (Å²) in [6.45, 7) is 8.99. The Morgan fingerprint density at radius 3 is 2.49 bits per heavy atom. The second-order valence-corrected chi connectivity index (χ2v) is 21.2. The summed E-state index contributed by atoms with van der Waals surface area (Å²) in [6.07, 6.45) is 12.5. The minimum Gasteiger partial charge on any atom is -0.453 e. The van der Waals surface area contributed by atoms with Crippen LogP contribution < -0.4 is 25.0 Å². The van der Waals surface area contributed by atoms with Crippen molar-refractivity contribution >= 4 is 61.2 Å². The number of carbonyl (C=O) groups excluding carboxylic acids is 1. The molecule has 1 saturated carbocycles. The molecule has 354 valence electrons. The Labute approximate surface area is 396 Å². The highest BCUT2D eigenvalue weighted by atomic mass is 35.5. The predicted octanol–water partition coefficient (Wildman–Crippen LogP) is 9.66. The molecule has 3 fully saturated rings. The molecule has 15 nitrogen and oxygen atoms in total. The lowest BCUT2D eigenvalue weighted by Crippen LogP contribution is -2.47. The van der Waals surface area contributed by atoms with E-state index in [9.17, 15) is 23.3 Å². The Kier molecular flexibility index (Phi) is 13.9. The SMILES string of the molecule is CC1(C)CCC(CN2CCN(c3cccc(C(=O)NS(=O)(=O)c4cccc([N+](=O)[O-])c4N[C@H]4CC[C@H](NC5CCCCO5)CC4)c3Oc3cnc4[nH]ccc4c3)CC2)=C(c2ccc(Cl)cc2)C1. The Morgan fingerprint density at radius 2 is 1.75 bits per heavy atom. The number of pyridine rings is 1. The van der Waals surface area contributed by atoms with Crippen LogP contribution in [-0.4, -0.2) is 91.8 Å². The van der Waals surface area contributed by atoms with Crippen LogP contribution in [0.5, 0.6) is 11.5 Å². The number of anilines is 2. The maximum Gasteiger partial charge on any atom is 0.293 e. The Bertz CT molecular complexity index is 2740. The number of aromatic nitrogens is 2. The van der Waals surface area contributed by atoms with Gasteiger partial charge >= 0.3 is 0 Å².